The standard InChI is InChI=1S/C7H13NO3/c9-5-3-4-1-2-7(11,8-4)6(5)10/h4-6,8-11H,1-3H2/t4-,5+,6-,7+/m0/s1. The van der Waals surface area contributed by atoms with Gasteiger partial charge in [-0.1, -0.05) is 0 Å². The van der Waals surface area contributed by atoms with E-state index in [1.54, 1.807) is 0 Å². The van der Waals surface area contributed by atoms with Crippen molar-refractivity contribution < 1.29 is 15.3 Å². The highest BCUT2D eigenvalue weighted by Gasteiger charge is 2.50. The Morgan fingerprint density at radius 3 is 2.82 bits per heavy atom. The van der Waals surface area contributed by atoms with Gasteiger partial charge < -0.3 is 15.3 Å². The van der Waals surface area contributed by atoms with Crippen LogP contribution in [0.15, 0.2) is 0 Å². The lowest BCUT2D eigenvalue weighted by molar-refractivity contribution is -0.153. The molecular weight excluding hydrogens is 146 g/mol. The molecule has 11 heavy (non-hydrogen) atoms. The summed E-state index contributed by atoms with van der Waals surface area (Å²) in [7, 11) is 0. The number of hydrogen-bond acceptors (Lipinski definition) is 4. The molecule has 0 aromatic rings. The van der Waals surface area contributed by atoms with E-state index in [9.17, 15) is 15.3 Å². The van der Waals surface area contributed by atoms with Crippen molar-refractivity contribution in [3.05, 3.63) is 0 Å². The molecule has 0 spiro atoms. The first kappa shape index (κ1) is 7.49. The third-order valence-corrected chi connectivity index (χ3v) is 2.71. The maximum absolute atomic E-state index is 9.64. The Balaban J connectivity index is 2.21. The molecule has 0 aromatic carbocycles. The molecule has 0 unspecified atom stereocenters. The van der Waals surface area contributed by atoms with E-state index in [0.29, 0.717) is 12.8 Å². The van der Waals surface area contributed by atoms with E-state index in [2.05, 4.69) is 5.32 Å². The van der Waals surface area contributed by atoms with Crippen LogP contribution < -0.4 is 5.32 Å². The topological polar surface area (TPSA) is 72.7 Å². The number of aliphatic hydroxyl groups is 3. The molecule has 4 nitrogen and oxygen atoms in total. The molecule has 4 heteroatoms. The van der Waals surface area contributed by atoms with Crippen LogP contribution in [-0.2, 0) is 0 Å². The number of nitrogens with one attached hydrogen (secondary N) is 1. The van der Waals surface area contributed by atoms with E-state index < -0.39 is 17.9 Å². The van der Waals surface area contributed by atoms with Crippen LogP contribution in [0.25, 0.3) is 0 Å². The molecule has 2 rings (SSSR count). The summed E-state index contributed by atoms with van der Waals surface area (Å²) in [4.78, 5) is 0. The van der Waals surface area contributed by atoms with Gasteiger partial charge in [0.2, 0.25) is 0 Å². The lowest BCUT2D eigenvalue weighted by Gasteiger charge is -2.37. The second-order valence-corrected chi connectivity index (χ2v) is 3.55. The van der Waals surface area contributed by atoms with Gasteiger partial charge in [0, 0.05) is 6.04 Å². The zero-order valence-corrected chi connectivity index (χ0v) is 6.20. The quantitative estimate of drug-likeness (QED) is 0.349. The zero-order valence-electron chi connectivity index (χ0n) is 6.20. The highest BCUT2D eigenvalue weighted by molar-refractivity contribution is 5.02. The zero-order chi connectivity index (χ0) is 8.06. The molecule has 0 aromatic heterocycles. The number of fused-ring (bicyclic) bond motifs is 2. The Bertz CT molecular complexity index is 175. The Morgan fingerprint density at radius 1 is 1.36 bits per heavy atom. The predicted octanol–water partition coefficient (Wildman–Crippen LogP) is -1.45. The van der Waals surface area contributed by atoms with E-state index in [1.165, 1.54) is 0 Å². The number of piperidine rings is 1. The van der Waals surface area contributed by atoms with Gasteiger partial charge in [0.1, 0.15) is 11.8 Å². The van der Waals surface area contributed by atoms with Crippen molar-refractivity contribution in [1.82, 2.24) is 5.32 Å². The number of hydrogen-bond donors (Lipinski definition) is 4. The van der Waals surface area contributed by atoms with E-state index in [-0.39, 0.29) is 6.04 Å². The van der Waals surface area contributed by atoms with E-state index in [1.807, 2.05) is 0 Å². The van der Waals surface area contributed by atoms with Crippen molar-refractivity contribution in [3.8, 4) is 0 Å². The van der Waals surface area contributed by atoms with E-state index in [0.717, 1.165) is 6.42 Å². The minimum absolute atomic E-state index is 0.179. The molecule has 0 amide bonds. The summed E-state index contributed by atoms with van der Waals surface area (Å²) in [6, 6.07) is 0.179. The smallest absolute Gasteiger partial charge is 0.144 e. The SMILES string of the molecule is O[C@@H]1C[C@@H]2CC[C@](O)(N2)[C@H]1O. The number of rotatable bonds is 0. The summed E-state index contributed by atoms with van der Waals surface area (Å²) in [5.74, 6) is 0. The van der Waals surface area contributed by atoms with Gasteiger partial charge in [0.15, 0.2) is 0 Å². The Labute approximate surface area is 64.8 Å². The second-order valence-electron chi connectivity index (χ2n) is 3.55. The molecule has 4 N–H and O–H groups in total. The molecule has 2 heterocycles. The van der Waals surface area contributed by atoms with E-state index in [4.69, 9.17) is 0 Å². The monoisotopic (exact) mass is 159 g/mol. The third kappa shape index (κ3) is 0.980. The Hall–Kier alpha value is -0.160. The van der Waals surface area contributed by atoms with Crippen LogP contribution in [0.4, 0.5) is 0 Å². The van der Waals surface area contributed by atoms with Crippen LogP contribution in [0.5, 0.6) is 0 Å². The summed E-state index contributed by atoms with van der Waals surface area (Å²) in [6.07, 6.45) is 0.124. The normalized spacial score (nSPS) is 56.5. The lowest BCUT2D eigenvalue weighted by atomic mass is 9.96. The minimum atomic E-state index is -1.22. The van der Waals surface area contributed by atoms with Crippen LogP contribution in [-0.4, -0.2) is 39.3 Å². The molecular formula is C7H13NO3. The molecule has 2 saturated heterocycles. The van der Waals surface area contributed by atoms with Crippen molar-refractivity contribution in [2.75, 3.05) is 0 Å². The molecule has 0 aliphatic carbocycles. The van der Waals surface area contributed by atoms with Crippen LogP contribution in [0.3, 0.4) is 0 Å². The van der Waals surface area contributed by atoms with Crippen molar-refractivity contribution in [3.63, 3.8) is 0 Å². The first-order chi connectivity index (χ1) is 5.12. The van der Waals surface area contributed by atoms with Gasteiger partial charge in [-0.2, -0.15) is 0 Å². The summed E-state index contributed by atoms with van der Waals surface area (Å²) < 4.78 is 0. The highest BCUT2D eigenvalue weighted by atomic mass is 16.4. The maximum atomic E-state index is 9.64. The molecule has 2 aliphatic rings. The average Bonchev–Trinajstić information content (AvgIpc) is 2.27. The maximum Gasteiger partial charge on any atom is 0.144 e. The fraction of sp³-hybridized carbons (Fsp3) is 1.00. The first-order valence-electron chi connectivity index (χ1n) is 3.98. The van der Waals surface area contributed by atoms with Crippen molar-refractivity contribution in [2.45, 2.75) is 43.2 Å². The first-order valence-corrected chi connectivity index (χ1v) is 3.98. The summed E-state index contributed by atoms with van der Waals surface area (Å²) in [5.41, 5.74) is -1.22. The second kappa shape index (κ2) is 2.17. The highest BCUT2D eigenvalue weighted by Crippen LogP contribution is 2.33. The van der Waals surface area contributed by atoms with Gasteiger partial charge in [-0.25, -0.2) is 0 Å². The molecule has 2 bridgehead atoms. The molecule has 64 valence electrons. The average molecular weight is 159 g/mol. The fourth-order valence-corrected chi connectivity index (χ4v) is 2.04. The van der Waals surface area contributed by atoms with Gasteiger partial charge in [0.25, 0.3) is 0 Å². The lowest BCUT2D eigenvalue weighted by Crippen LogP contribution is -2.61. The molecule has 2 aliphatic heterocycles. The van der Waals surface area contributed by atoms with Crippen LogP contribution in [0.1, 0.15) is 19.3 Å². The van der Waals surface area contributed by atoms with Gasteiger partial charge in [-0.15, -0.1) is 0 Å². The molecule has 2 fully saturated rings. The van der Waals surface area contributed by atoms with Crippen molar-refractivity contribution in [2.24, 2.45) is 0 Å². The number of aliphatic hydroxyl groups excluding tert-OH is 2. The van der Waals surface area contributed by atoms with Crippen molar-refractivity contribution in [1.29, 1.82) is 0 Å². The van der Waals surface area contributed by atoms with Gasteiger partial charge in [-0.3, -0.25) is 5.32 Å². The fourth-order valence-electron chi connectivity index (χ4n) is 2.04. The van der Waals surface area contributed by atoms with Crippen molar-refractivity contribution >= 4 is 0 Å². The molecule has 0 radical (unpaired) electrons. The van der Waals surface area contributed by atoms with Gasteiger partial charge in [0.05, 0.1) is 6.10 Å². The van der Waals surface area contributed by atoms with Crippen LogP contribution >= 0.6 is 0 Å². The Kier molecular flexibility index (Phi) is 1.47. The van der Waals surface area contributed by atoms with Crippen LogP contribution in [0, 0.1) is 0 Å². The predicted molar refractivity (Wildman–Crippen MR) is 37.7 cm³/mol. The molecule has 0 saturated carbocycles. The largest absolute Gasteiger partial charge is 0.390 e. The van der Waals surface area contributed by atoms with E-state index >= 15 is 0 Å². The van der Waals surface area contributed by atoms with Gasteiger partial charge in [-0.05, 0) is 19.3 Å². The summed E-state index contributed by atoms with van der Waals surface area (Å²) in [5, 5.41) is 31.2. The molecule has 4 atom stereocenters. The third-order valence-electron chi connectivity index (χ3n) is 2.71. The van der Waals surface area contributed by atoms with Gasteiger partial charge >= 0.3 is 0 Å². The van der Waals surface area contributed by atoms with Crippen LogP contribution in [0.2, 0.25) is 0 Å². The Morgan fingerprint density at radius 2 is 2.09 bits per heavy atom. The minimum Gasteiger partial charge on any atom is -0.390 e. The summed E-state index contributed by atoms with van der Waals surface area (Å²) in [6.45, 7) is 0. The summed E-state index contributed by atoms with van der Waals surface area (Å²) >= 11 is 0.